The van der Waals surface area contributed by atoms with Gasteiger partial charge in [0.1, 0.15) is 18.2 Å². The summed E-state index contributed by atoms with van der Waals surface area (Å²) in [7, 11) is -1.83. The molecule has 0 radical (unpaired) electrons. The van der Waals surface area contributed by atoms with Crippen LogP contribution in [0.5, 0.6) is 0 Å². The molecule has 0 aliphatic heterocycles. The van der Waals surface area contributed by atoms with E-state index in [-0.39, 0.29) is 6.35 Å². The van der Waals surface area contributed by atoms with E-state index in [0.29, 0.717) is 36.7 Å². The average molecular weight is 385 g/mol. The molecule has 26 heavy (non-hydrogen) atoms. The first-order chi connectivity index (χ1) is 12.6. The van der Waals surface area contributed by atoms with Gasteiger partial charge in [0.25, 0.3) is 0 Å². The number of nitrogens with two attached hydrogens (primary N) is 1. The quantitative estimate of drug-likeness (QED) is 0.413. The highest BCUT2D eigenvalue weighted by atomic mass is 31.2. The summed E-state index contributed by atoms with van der Waals surface area (Å²) < 4.78 is 30.2. The minimum Gasteiger partial charge on any atom is -0.382 e. The maximum atomic E-state index is 12.5. The molecule has 2 N–H and O–H groups in total. The molecule has 0 aromatic carbocycles. The molecule has 0 aliphatic rings. The first-order valence-corrected chi connectivity index (χ1v) is 10.6. The van der Waals surface area contributed by atoms with Crippen LogP contribution in [0.4, 0.5) is 5.82 Å². The second-order valence-corrected chi connectivity index (χ2v) is 8.05. The standard InChI is InChI=1S/C16H28N5O4P/c1-3-4-5-6-7-9-25-26(22,23-2)13-24-10-8-21-12-20-14-15(17)18-11-19-16(14)21/h11-12H,3-10,13H2,1-2H3,(H2,17,18,19). The van der Waals surface area contributed by atoms with Crippen molar-refractivity contribution in [2.45, 2.75) is 45.6 Å². The van der Waals surface area contributed by atoms with Crippen molar-refractivity contribution in [3.05, 3.63) is 12.7 Å². The van der Waals surface area contributed by atoms with Crippen LogP contribution in [0.25, 0.3) is 11.2 Å². The molecule has 0 saturated carbocycles. The van der Waals surface area contributed by atoms with Crippen LogP contribution in [0.1, 0.15) is 39.0 Å². The zero-order valence-electron chi connectivity index (χ0n) is 15.5. The second-order valence-electron chi connectivity index (χ2n) is 5.95. The van der Waals surface area contributed by atoms with E-state index in [2.05, 4.69) is 21.9 Å². The van der Waals surface area contributed by atoms with Crippen molar-refractivity contribution in [3.63, 3.8) is 0 Å². The van der Waals surface area contributed by atoms with E-state index in [1.54, 1.807) is 10.9 Å². The van der Waals surface area contributed by atoms with Gasteiger partial charge in [0.2, 0.25) is 0 Å². The minimum absolute atomic E-state index is 0.0811. The topological polar surface area (TPSA) is 114 Å². The second kappa shape index (κ2) is 10.6. The lowest BCUT2D eigenvalue weighted by molar-refractivity contribution is 0.130. The van der Waals surface area contributed by atoms with Crippen LogP contribution in [0.2, 0.25) is 0 Å². The van der Waals surface area contributed by atoms with Crippen LogP contribution in [0.3, 0.4) is 0 Å². The largest absolute Gasteiger partial charge is 0.382 e. The summed E-state index contributed by atoms with van der Waals surface area (Å²) in [6, 6.07) is 0. The van der Waals surface area contributed by atoms with Gasteiger partial charge in [0.05, 0.1) is 19.5 Å². The molecule has 0 aliphatic carbocycles. The van der Waals surface area contributed by atoms with Gasteiger partial charge in [0.15, 0.2) is 11.5 Å². The number of unbranched alkanes of at least 4 members (excludes halogenated alkanes) is 4. The highest BCUT2D eigenvalue weighted by Gasteiger charge is 2.23. The molecule has 2 aromatic rings. The molecule has 2 heterocycles. The van der Waals surface area contributed by atoms with Crippen molar-refractivity contribution >= 4 is 24.6 Å². The number of aromatic nitrogens is 4. The molecule has 2 rings (SSSR count). The van der Waals surface area contributed by atoms with Crippen molar-refractivity contribution in [1.29, 1.82) is 0 Å². The van der Waals surface area contributed by atoms with E-state index >= 15 is 0 Å². The van der Waals surface area contributed by atoms with Crippen molar-refractivity contribution in [3.8, 4) is 0 Å². The fourth-order valence-corrected chi connectivity index (χ4v) is 3.50. The van der Waals surface area contributed by atoms with E-state index in [0.717, 1.165) is 12.8 Å². The molecule has 1 unspecified atom stereocenters. The van der Waals surface area contributed by atoms with Gasteiger partial charge in [0, 0.05) is 13.7 Å². The Labute approximate surface area is 153 Å². The third-order valence-electron chi connectivity index (χ3n) is 3.97. The molecule has 10 heteroatoms. The molecule has 2 aromatic heterocycles. The van der Waals surface area contributed by atoms with Gasteiger partial charge in [-0.1, -0.05) is 32.6 Å². The van der Waals surface area contributed by atoms with Gasteiger partial charge in [-0.15, -0.1) is 0 Å². The number of hydrogen-bond acceptors (Lipinski definition) is 8. The molecule has 0 spiro atoms. The Morgan fingerprint density at radius 3 is 2.73 bits per heavy atom. The Bertz CT molecular complexity index is 724. The fraction of sp³-hybridized carbons (Fsp3) is 0.688. The summed E-state index contributed by atoms with van der Waals surface area (Å²) in [5.74, 6) is 0.339. The Kier molecular flexibility index (Phi) is 8.44. The van der Waals surface area contributed by atoms with Crippen LogP contribution in [0, 0.1) is 0 Å². The molecule has 146 valence electrons. The maximum absolute atomic E-state index is 12.5. The fourth-order valence-electron chi connectivity index (χ4n) is 2.45. The van der Waals surface area contributed by atoms with Crippen molar-refractivity contribution in [2.75, 3.05) is 32.4 Å². The highest BCUT2D eigenvalue weighted by molar-refractivity contribution is 7.53. The predicted molar refractivity (Wildman–Crippen MR) is 99.9 cm³/mol. The smallest absolute Gasteiger partial charge is 0.355 e. The normalized spacial score (nSPS) is 13.9. The van der Waals surface area contributed by atoms with Gasteiger partial charge in [-0.25, -0.2) is 15.0 Å². The summed E-state index contributed by atoms with van der Waals surface area (Å²) in [6.45, 7) is 3.40. The third kappa shape index (κ3) is 6.02. The number of rotatable bonds is 13. The molecule has 1 atom stereocenters. The molecule has 0 amide bonds. The Morgan fingerprint density at radius 2 is 1.96 bits per heavy atom. The van der Waals surface area contributed by atoms with E-state index in [1.165, 1.54) is 32.7 Å². The lowest BCUT2D eigenvalue weighted by atomic mass is 10.2. The average Bonchev–Trinajstić information content (AvgIpc) is 3.06. The van der Waals surface area contributed by atoms with E-state index in [9.17, 15) is 4.57 Å². The Hall–Kier alpha value is -1.54. The van der Waals surface area contributed by atoms with Gasteiger partial charge < -0.3 is 24.1 Å². The number of ether oxygens (including phenoxy) is 1. The number of nitrogen functional groups attached to an aromatic ring is 1. The number of hydrogen-bond donors (Lipinski definition) is 1. The highest BCUT2D eigenvalue weighted by Crippen LogP contribution is 2.47. The Morgan fingerprint density at radius 1 is 1.15 bits per heavy atom. The predicted octanol–water partition coefficient (Wildman–Crippen LogP) is 3.21. The van der Waals surface area contributed by atoms with Gasteiger partial charge >= 0.3 is 7.60 Å². The zero-order valence-corrected chi connectivity index (χ0v) is 16.4. The first-order valence-electron chi connectivity index (χ1n) is 8.88. The minimum atomic E-state index is -3.21. The number of nitrogens with zero attached hydrogens (tertiary/aromatic N) is 4. The summed E-state index contributed by atoms with van der Waals surface area (Å²) in [5, 5.41) is 0. The molecule has 9 nitrogen and oxygen atoms in total. The van der Waals surface area contributed by atoms with E-state index < -0.39 is 7.60 Å². The van der Waals surface area contributed by atoms with Gasteiger partial charge in [-0.05, 0) is 6.42 Å². The molecule has 0 bridgehead atoms. The summed E-state index contributed by atoms with van der Waals surface area (Å²) in [5.41, 5.74) is 6.95. The van der Waals surface area contributed by atoms with Gasteiger partial charge in [-0.3, -0.25) is 4.57 Å². The molecular weight excluding hydrogens is 357 g/mol. The Balaban J connectivity index is 1.72. The molecule has 0 fully saturated rings. The van der Waals surface area contributed by atoms with Crippen molar-refractivity contribution in [1.82, 2.24) is 19.5 Å². The summed E-state index contributed by atoms with van der Waals surface area (Å²) >= 11 is 0. The van der Waals surface area contributed by atoms with Crippen LogP contribution >= 0.6 is 7.60 Å². The van der Waals surface area contributed by atoms with Crippen molar-refractivity contribution in [2.24, 2.45) is 0 Å². The van der Waals surface area contributed by atoms with Crippen LogP contribution < -0.4 is 5.73 Å². The van der Waals surface area contributed by atoms with Crippen LogP contribution in [-0.2, 0) is 24.9 Å². The zero-order chi connectivity index (χ0) is 18.8. The van der Waals surface area contributed by atoms with Gasteiger partial charge in [-0.2, -0.15) is 0 Å². The molecular formula is C16H28N5O4P. The van der Waals surface area contributed by atoms with Crippen LogP contribution in [0.15, 0.2) is 12.7 Å². The number of imidazole rings is 1. The SMILES string of the molecule is CCCCCCCOP(=O)(COCCn1cnc2c(N)ncnc21)OC. The molecule has 0 saturated heterocycles. The first kappa shape index (κ1) is 20.8. The summed E-state index contributed by atoms with van der Waals surface area (Å²) in [6.07, 6.45) is 8.45. The van der Waals surface area contributed by atoms with E-state index in [1.807, 2.05) is 0 Å². The summed E-state index contributed by atoms with van der Waals surface area (Å²) in [4.78, 5) is 12.3. The lowest BCUT2D eigenvalue weighted by Crippen LogP contribution is -2.09. The monoisotopic (exact) mass is 385 g/mol. The number of fused-ring (bicyclic) bond motifs is 1. The van der Waals surface area contributed by atoms with E-state index in [4.69, 9.17) is 19.5 Å². The third-order valence-corrected chi connectivity index (χ3v) is 5.60. The number of anilines is 1. The van der Waals surface area contributed by atoms with Crippen LogP contribution in [-0.4, -0.2) is 46.2 Å². The lowest BCUT2D eigenvalue weighted by Gasteiger charge is -2.16. The maximum Gasteiger partial charge on any atom is 0.355 e. The van der Waals surface area contributed by atoms with Crippen molar-refractivity contribution < 1.29 is 18.3 Å².